The van der Waals surface area contributed by atoms with Crippen LogP contribution in [0, 0.1) is 0 Å². The van der Waals surface area contributed by atoms with Gasteiger partial charge in [-0.15, -0.1) is 0 Å². The van der Waals surface area contributed by atoms with Crippen LogP contribution < -0.4 is 4.74 Å². The van der Waals surface area contributed by atoms with Crippen LogP contribution in [0.2, 0.25) is 0 Å². The zero-order valence-corrected chi connectivity index (χ0v) is 8.98. The number of aliphatic hydroxyl groups excluding tert-OH is 1. The van der Waals surface area contributed by atoms with Crippen LogP contribution in [0.1, 0.15) is 18.2 Å². The minimum Gasteiger partial charge on any atom is -0.480 e. The summed E-state index contributed by atoms with van der Waals surface area (Å²) in [6.07, 6.45) is 0.458. The van der Waals surface area contributed by atoms with Gasteiger partial charge < -0.3 is 14.9 Å². The fraction of sp³-hybridized carbons (Fsp3) is 0.444. The van der Waals surface area contributed by atoms with Crippen LogP contribution in [-0.2, 0) is 4.84 Å². The second-order valence-electron chi connectivity index (χ2n) is 3.41. The summed E-state index contributed by atoms with van der Waals surface area (Å²) in [5.41, 5.74) is 0.364. The molecular formula is C9H11N3O5. The number of hydroxylamine groups is 2. The highest BCUT2D eigenvalue weighted by Crippen LogP contribution is 2.32. The topological polar surface area (TPSA) is 105 Å². The Kier molecular flexibility index (Phi) is 3.07. The van der Waals surface area contributed by atoms with Crippen molar-refractivity contribution in [3.63, 3.8) is 0 Å². The molecule has 2 N–H and O–H groups in total. The summed E-state index contributed by atoms with van der Waals surface area (Å²) in [6.45, 7) is 0. The first-order valence-electron chi connectivity index (χ1n) is 4.84. The Balaban J connectivity index is 2.28. The number of hydrogen-bond donors (Lipinski definition) is 2. The van der Waals surface area contributed by atoms with E-state index in [1.807, 2.05) is 0 Å². The van der Waals surface area contributed by atoms with Crippen molar-refractivity contribution in [1.82, 2.24) is 15.0 Å². The summed E-state index contributed by atoms with van der Waals surface area (Å²) >= 11 is 0. The van der Waals surface area contributed by atoms with Crippen LogP contribution in [0.5, 0.6) is 5.88 Å². The first-order chi connectivity index (χ1) is 8.11. The van der Waals surface area contributed by atoms with Gasteiger partial charge in [-0.25, -0.2) is 14.6 Å². The van der Waals surface area contributed by atoms with Crippen molar-refractivity contribution in [2.75, 3.05) is 7.11 Å². The number of aromatic nitrogens is 2. The summed E-state index contributed by atoms with van der Waals surface area (Å²) in [5, 5.41) is 18.9. The molecule has 92 valence electrons. The Labute approximate surface area is 96.4 Å². The maximum atomic E-state index is 10.9. The third-order valence-corrected chi connectivity index (χ3v) is 2.31. The molecule has 1 aliphatic heterocycles. The van der Waals surface area contributed by atoms with E-state index in [0.717, 1.165) is 0 Å². The van der Waals surface area contributed by atoms with Crippen molar-refractivity contribution in [2.24, 2.45) is 0 Å². The molecule has 1 aliphatic rings. The highest BCUT2D eigenvalue weighted by Gasteiger charge is 2.38. The van der Waals surface area contributed by atoms with Crippen LogP contribution in [-0.4, -0.2) is 44.7 Å². The van der Waals surface area contributed by atoms with Crippen LogP contribution >= 0.6 is 0 Å². The van der Waals surface area contributed by atoms with Gasteiger partial charge in [-0.3, -0.25) is 4.98 Å². The number of nitrogens with zero attached hydrogens (tertiary/aromatic N) is 3. The zero-order chi connectivity index (χ0) is 12.4. The summed E-state index contributed by atoms with van der Waals surface area (Å²) in [6, 6.07) is -0.690. The lowest BCUT2D eigenvalue weighted by molar-refractivity contribution is -0.199. The molecule has 1 saturated heterocycles. The molecule has 8 heteroatoms. The van der Waals surface area contributed by atoms with Crippen molar-refractivity contribution >= 4 is 6.09 Å². The predicted molar refractivity (Wildman–Crippen MR) is 52.9 cm³/mol. The molecule has 0 radical (unpaired) electrons. The SMILES string of the molecule is COc1cncc([C@@H]2CC(O)ON2C(=O)O)n1. The fourth-order valence-corrected chi connectivity index (χ4v) is 1.57. The fourth-order valence-electron chi connectivity index (χ4n) is 1.57. The van der Waals surface area contributed by atoms with Gasteiger partial charge in [0, 0.05) is 6.42 Å². The number of hydrogen-bond acceptors (Lipinski definition) is 6. The number of amides is 1. The Morgan fingerprint density at radius 2 is 2.41 bits per heavy atom. The number of ether oxygens (including phenoxy) is 1. The van der Waals surface area contributed by atoms with E-state index in [9.17, 15) is 9.90 Å². The lowest BCUT2D eigenvalue weighted by atomic mass is 10.1. The predicted octanol–water partition coefficient (Wildman–Crippen LogP) is 0.160. The Morgan fingerprint density at radius 3 is 3.06 bits per heavy atom. The summed E-state index contributed by atoms with van der Waals surface area (Å²) in [5.74, 6) is 0.272. The van der Waals surface area contributed by atoms with Gasteiger partial charge in [0.25, 0.3) is 0 Å². The normalized spacial score (nSPS) is 23.8. The van der Waals surface area contributed by atoms with Crippen LogP contribution in [0.3, 0.4) is 0 Å². The minimum atomic E-state index is -1.30. The minimum absolute atomic E-state index is 0.105. The van der Waals surface area contributed by atoms with Gasteiger partial charge in [0.05, 0.1) is 25.2 Å². The lowest BCUT2D eigenvalue weighted by Crippen LogP contribution is -2.28. The molecule has 1 amide bonds. The number of carboxylic acid groups (broad SMARTS) is 1. The van der Waals surface area contributed by atoms with E-state index >= 15 is 0 Å². The Hall–Kier alpha value is -1.93. The number of methoxy groups -OCH3 is 1. The highest BCUT2D eigenvalue weighted by atomic mass is 16.8. The van der Waals surface area contributed by atoms with E-state index in [4.69, 9.17) is 14.7 Å². The van der Waals surface area contributed by atoms with E-state index in [-0.39, 0.29) is 12.3 Å². The molecule has 1 aromatic heterocycles. The van der Waals surface area contributed by atoms with Gasteiger partial charge in [-0.05, 0) is 0 Å². The third-order valence-electron chi connectivity index (χ3n) is 2.31. The van der Waals surface area contributed by atoms with Crippen LogP contribution in [0.15, 0.2) is 12.4 Å². The lowest BCUT2D eigenvalue weighted by Gasteiger charge is -2.17. The van der Waals surface area contributed by atoms with Crippen molar-refractivity contribution < 1.29 is 24.6 Å². The second kappa shape index (κ2) is 4.52. The number of aliphatic hydroxyl groups is 1. The van der Waals surface area contributed by atoms with E-state index in [0.29, 0.717) is 10.8 Å². The van der Waals surface area contributed by atoms with E-state index in [1.54, 1.807) is 0 Å². The molecule has 1 aromatic rings. The van der Waals surface area contributed by atoms with Crippen molar-refractivity contribution in [3.05, 3.63) is 18.1 Å². The standard InChI is InChI=1S/C9H11N3O5/c1-16-7-4-10-3-5(11-7)6-2-8(13)17-12(6)9(14)15/h3-4,6,8,13H,2H2,1H3,(H,14,15)/t6-,8?/m0/s1. The summed E-state index contributed by atoms with van der Waals surface area (Å²) < 4.78 is 4.89. The summed E-state index contributed by atoms with van der Waals surface area (Å²) in [7, 11) is 1.43. The van der Waals surface area contributed by atoms with E-state index in [2.05, 4.69) is 9.97 Å². The van der Waals surface area contributed by atoms with Crippen molar-refractivity contribution in [2.45, 2.75) is 18.8 Å². The van der Waals surface area contributed by atoms with Gasteiger partial charge in [0.15, 0.2) is 6.29 Å². The van der Waals surface area contributed by atoms with Gasteiger partial charge in [0.1, 0.15) is 6.04 Å². The molecule has 0 aromatic carbocycles. The van der Waals surface area contributed by atoms with E-state index in [1.165, 1.54) is 19.5 Å². The third kappa shape index (κ3) is 2.27. The monoisotopic (exact) mass is 241 g/mol. The smallest absolute Gasteiger partial charge is 0.432 e. The van der Waals surface area contributed by atoms with Crippen molar-refractivity contribution in [3.8, 4) is 5.88 Å². The van der Waals surface area contributed by atoms with Crippen LogP contribution in [0.25, 0.3) is 0 Å². The first-order valence-corrected chi connectivity index (χ1v) is 4.84. The Morgan fingerprint density at radius 1 is 1.65 bits per heavy atom. The maximum Gasteiger partial charge on any atom is 0.432 e. The van der Waals surface area contributed by atoms with Gasteiger partial charge >= 0.3 is 6.09 Å². The second-order valence-corrected chi connectivity index (χ2v) is 3.41. The molecule has 8 nitrogen and oxygen atoms in total. The molecule has 1 fully saturated rings. The average Bonchev–Trinajstić information content (AvgIpc) is 2.72. The molecule has 2 heterocycles. The maximum absolute atomic E-state index is 10.9. The zero-order valence-electron chi connectivity index (χ0n) is 8.98. The number of carbonyl (C=O) groups is 1. The summed E-state index contributed by atoms with van der Waals surface area (Å²) in [4.78, 5) is 23.6. The number of rotatable bonds is 2. The molecule has 2 rings (SSSR count). The van der Waals surface area contributed by atoms with Crippen LogP contribution in [0.4, 0.5) is 4.79 Å². The van der Waals surface area contributed by atoms with Gasteiger partial charge in [-0.2, -0.15) is 5.06 Å². The van der Waals surface area contributed by atoms with E-state index < -0.39 is 18.4 Å². The first kappa shape index (κ1) is 11.6. The molecule has 1 unspecified atom stereocenters. The molecule has 17 heavy (non-hydrogen) atoms. The van der Waals surface area contributed by atoms with Gasteiger partial charge in [-0.1, -0.05) is 0 Å². The van der Waals surface area contributed by atoms with Crippen molar-refractivity contribution in [1.29, 1.82) is 0 Å². The molecule has 0 spiro atoms. The average molecular weight is 241 g/mol. The molecular weight excluding hydrogens is 230 g/mol. The molecule has 0 aliphatic carbocycles. The van der Waals surface area contributed by atoms with Gasteiger partial charge in [0.2, 0.25) is 5.88 Å². The largest absolute Gasteiger partial charge is 0.480 e. The molecule has 2 atom stereocenters. The quantitative estimate of drug-likeness (QED) is 0.759. The molecule has 0 saturated carbocycles. The molecule has 0 bridgehead atoms. The highest BCUT2D eigenvalue weighted by molar-refractivity contribution is 5.64. The Bertz CT molecular complexity index is 427.